The molecule has 2 N–H and O–H groups in total. The van der Waals surface area contributed by atoms with Crippen molar-refractivity contribution in [1.29, 1.82) is 0 Å². The molecule has 0 saturated heterocycles. The van der Waals surface area contributed by atoms with Crippen LogP contribution < -0.4 is 5.32 Å². The van der Waals surface area contributed by atoms with Crippen LogP contribution in [-0.2, 0) is 4.79 Å². The van der Waals surface area contributed by atoms with Crippen molar-refractivity contribution < 1.29 is 11.3 Å². The van der Waals surface area contributed by atoms with E-state index in [0.29, 0.717) is 0 Å². The van der Waals surface area contributed by atoms with E-state index in [1.807, 2.05) is 0 Å². The summed E-state index contributed by atoms with van der Waals surface area (Å²) in [4.78, 5) is 10.0. The van der Waals surface area contributed by atoms with E-state index in [0.717, 1.165) is 0 Å². The predicted octanol–water partition coefficient (Wildman–Crippen LogP) is -0.360. The highest BCUT2D eigenvalue weighted by molar-refractivity contribution is 5.73. The normalized spacial score (nSPS) is 12.4. The van der Waals surface area contributed by atoms with Gasteiger partial charge in [0.05, 0.1) is 0 Å². The first-order valence-corrected chi connectivity index (χ1v) is 2.08. The molecule has 0 aromatic rings. The third-order valence-corrected chi connectivity index (χ3v) is 0.659. The Morgan fingerprint density at radius 2 is 2.88 bits per heavy atom. The van der Waals surface area contributed by atoms with Crippen LogP contribution in [0.25, 0.3) is 0 Å². The zero-order valence-electron chi connectivity index (χ0n) is 5.43. The standard InChI is InChI=1S/C5H7NO2/c1-3-6-4(2)5(7)8/h1,4,6H,2H3,(H,7,8)/t4-/m0/s1/i1D. The summed E-state index contributed by atoms with van der Waals surface area (Å²) in [5.41, 5.74) is 0. The number of carbonyl (C=O) groups is 1. The van der Waals surface area contributed by atoms with Gasteiger partial charge in [-0.25, -0.2) is 4.79 Å². The molecule has 3 heteroatoms. The molecule has 44 valence electrons. The third-order valence-electron chi connectivity index (χ3n) is 0.659. The van der Waals surface area contributed by atoms with E-state index in [4.69, 9.17) is 6.48 Å². The highest BCUT2D eigenvalue weighted by Crippen LogP contribution is 1.75. The Labute approximate surface area is 49.1 Å². The highest BCUT2D eigenvalue weighted by atomic mass is 16.4. The summed E-state index contributed by atoms with van der Waals surface area (Å²) < 4.78 is 6.32. The fraction of sp³-hybridized carbons (Fsp3) is 0.400. The number of nitrogens with one attached hydrogen (secondary N) is 1. The molecular formula is C5H7NO2. The summed E-state index contributed by atoms with van der Waals surface area (Å²) in [5.74, 6) is -0.974. The molecule has 0 bridgehead atoms. The molecule has 0 spiro atoms. The third kappa shape index (κ3) is 2.08. The van der Waals surface area contributed by atoms with E-state index in [9.17, 15) is 4.79 Å². The van der Waals surface area contributed by atoms with Gasteiger partial charge in [-0.3, -0.25) is 0 Å². The molecule has 0 rings (SSSR count). The van der Waals surface area contributed by atoms with Gasteiger partial charge < -0.3 is 10.4 Å². The first-order chi connectivity index (χ1) is 4.18. The Balaban J connectivity index is 3.59. The summed E-state index contributed by atoms with van der Waals surface area (Å²) in [5, 5.41) is 10.5. The summed E-state index contributed by atoms with van der Waals surface area (Å²) in [7, 11) is 0. The number of aliphatic carboxylic acids is 1. The quantitative estimate of drug-likeness (QED) is 0.380. The van der Waals surface area contributed by atoms with Crippen molar-refractivity contribution >= 4 is 5.97 Å². The first kappa shape index (κ1) is 4.98. The van der Waals surface area contributed by atoms with Gasteiger partial charge in [0.25, 0.3) is 0 Å². The Bertz CT molecular complexity index is 158. The summed E-state index contributed by atoms with van der Waals surface area (Å²) in [6.07, 6.45) is 1.78. The van der Waals surface area contributed by atoms with Crippen molar-refractivity contribution in [2.75, 3.05) is 0 Å². The molecule has 0 aliphatic heterocycles. The Morgan fingerprint density at radius 3 is 3.25 bits per heavy atom. The number of hydrogen-bond acceptors (Lipinski definition) is 2. The van der Waals surface area contributed by atoms with Crippen molar-refractivity contribution in [3.63, 3.8) is 0 Å². The Morgan fingerprint density at radius 1 is 2.25 bits per heavy atom. The molecule has 0 aliphatic carbocycles. The van der Waals surface area contributed by atoms with Gasteiger partial charge >= 0.3 is 5.97 Å². The molecule has 0 amide bonds. The van der Waals surface area contributed by atoms with E-state index in [1.54, 1.807) is 6.40 Å². The van der Waals surface area contributed by atoms with Crippen LogP contribution in [0.1, 0.15) is 8.29 Å². The summed E-state index contributed by atoms with van der Waals surface area (Å²) in [6, 6.07) is 1.41. The molecule has 0 aromatic carbocycles. The number of terminal acetylenes is 1. The minimum Gasteiger partial charge on any atom is -0.480 e. The molecule has 0 fully saturated rings. The maximum Gasteiger partial charge on any atom is 0.326 e. The van der Waals surface area contributed by atoms with Crippen LogP contribution in [0.15, 0.2) is 0 Å². The molecule has 0 saturated carbocycles. The lowest BCUT2D eigenvalue weighted by Gasteiger charge is -2.00. The maximum absolute atomic E-state index is 10.0. The molecular weight excluding hydrogens is 106 g/mol. The smallest absolute Gasteiger partial charge is 0.326 e. The van der Waals surface area contributed by atoms with E-state index >= 15 is 0 Å². The largest absolute Gasteiger partial charge is 0.480 e. The van der Waals surface area contributed by atoms with Crippen LogP contribution in [0.4, 0.5) is 0 Å². The molecule has 0 heterocycles. The van der Waals surface area contributed by atoms with Crippen molar-refractivity contribution in [1.82, 2.24) is 5.32 Å². The van der Waals surface area contributed by atoms with Crippen molar-refractivity contribution in [3.8, 4) is 12.4 Å². The van der Waals surface area contributed by atoms with Gasteiger partial charge in [-0.05, 0) is 6.92 Å². The number of carboxylic acids is 1. The number of carboxylic acid groups (broad SMARTS) is 1. The fourth-order valence-electron chi connectivity index (χ4n) is 0.170. The van der Waals surface area contributed by atoms with Crippen molar-refractivity contribution in [3.05, 3.63) is 0 Å². The van der Waals surface area contributed by atoms with Crippen LogP contribution in [0.3, 0.4) is 0 Å². The molecule has 0 radical (unpaired) electrons. The zero-order valence-corrected chi connectivity index (χ0v) is 4.43. The van der Waals surface area contributed by atoms with Crippen LogP contribution in [-0.4, -0.2) is 17.1 Å². The van der Waals surface area contributed by atoms with Gasteiger partial charge in [-0.2, -0.15) is 0 Å². The second-order valence-electron chi connectivity index (χ2n) is 1.33. The second-order valence-corrected chi connectivity index (χ2v) is 1.33. The average Bonchev–Trinajstić information content (AvgIpc) is 1.82. The number of hydrogen-bond donors (Lipinski definition) is 2. The summed E-state index contributed by atoms with van der Waals surface area (Å²) in [6.45, 7) is 1.45. The topological polar surface area (TPSA) is 49.3 Å². The fourth-order valence-corrected chi connectivity index (χ4v) is 0.170. The minimum absolute atomic E-state index is 0.706. The van der Waals surface area contributed by atoms with E-state index in [1.165, 1.54) is 6.92 Å². The average molecular weight is 114 g/mol. The van der Waals surface area contributed by atoms with Crippen LogP contribution in [0, 0.1) is 12.4 Å². The lowest BCUT2D eigenvalue weighted by Crippen LogP contribution is -2.29. The molecule has 8 heavy (non-hydrogen) atoms. The maximum atomic E-state index is 10.0. The summed E-state index contributed by atoms with van der Waals surface area (Å²) >= 11 is 0. The lowest BCUT2D eigenvalue weighted by molar-refractivity contribution is -0.138. The first-order valence-electron chi connectivity index (χ1n) is 2.58. The number of rotatable bonds is 2. The lowest BCUT2D eigenvalue weighted by atomic mass is 10.4. The molecule has 1 atom stereocenters. The monoisotopic (exact) mass is 114 g/mol. The van der Waals surface area contributed by atoms with Gasteiger partial charge in [-0.15, -0.1) is 0 Å². The van der Waals surface area contributed by atoms with Crippen molar-refractivity contribution in [2.45, 2.75) is 13.0 Å². The minimum atomic E-state index is -0.974. The highest BCUT2D eigenvalue weighted by Gasteiger charge is 2.05. The Kier molecular flexibility index (Phi) is 1.81. The zero-order chi connectivity index (χ0) is 7.28. The van der Waals surface area contributed by atoms with E-state index in [2.05, 4.69) is 11.4 Å². The molecule has 0 aromatic heterocycles. The van der Waals surface area contributed by atoms with Gasteiger partial charge in [0.15, 0.2) is 0 Å². The van der Waals surface area contributed by atoms with Crippen LogP contribution in [0.2, 0.25) is 0 Å². The molecule has 3 nitrogen and oxygen atoms in total. The predicted molar refractivity (Wildman–Crippen MR) is 29.1 cm³/mol. The van der Waals surface area contributed by atoms with Crippen LogP contribution >= 0.6 is 0 Å². The molecule has 0 aliphatic rings. The van der Waals surface area contributed by atoms with E-state index in [-0.39, 0.29) is 0 Å². The van der Waals surface area contributed by atoms with Crippen LogP contribution in [0.5, 0.6) is 0 Å². The van der Waals surface area contributed by atoms with Gasteiger partial charge in [0.1, 0.15) is 7.41 Å². The van der Waals surface area contributed by atoms with Gasteiger partial charge in [-0.1, -0.05) is 6.40 Å². The Hall–Kier alpha value is -1.17. The molecule has 0 unspecified atom stereocenters. The second kappa shape index (κ2) is 2.92. The van der Waals surface area contributed by atoms with Crippen molar-refractivity contribution in [2.24, 2.45) is 0 Å². The van der Waals surface area contributed by atoms with Gasteiger partial charge in [0.2, 0.25) is 0 Å². The SMILES string of the molecule is [2H]C#CN[C@@H](C)C(=O)O. The van der Waals surface area contributed by atoms with E-state index < -0.39 is 12.0 Å². The van der Waals surface area contributed by atoms with Gasteiger partial charge in [0, 0.05) is 6.04 Å².